The van der Waals surface area contributed by atoms with E-state index < -0.39 is 15.3 Å². The van der Waals surface area contributed by atoms with E-state index in [1.54, 1.807) is 12.1 Å². The van der Waals surface area contributed by atoms with Gasteiger partial charge in [-0.1, -0.05) is 11.6 Å². The fourth-order valence-electron chi connectivity index (χ4n) is 1.15. The topological polar surface area (TPSA) is 57.6 Å². The van der Waals surface area contributed by atoms with Crippen LogP contribution in [0.25, 0.3) is 0 Å². The highest BCUT2D eigenvalue weighted by atomic mass is 35.5. The Balaban J connectivity index is 2.76. The summed E-state index contributed by atoms with van der Waals surface area (Å²) < 4.78 is 25.5. The molecule has 1 unspecified atom stereocenters. The van der Waals surface area contributed by atoms with Crippen molar-refractivity contribution in [3.05, 3.63) is 21.3 Å². The van der Waals surface area contributed by atoms with Crippen LogP contribution >= 0.6 is 22.9 Å². The van der Waals surface area contributed by atoms with Crippen LogP contribution in [0.3, 0.4) is 0 Å². The Morgan fingerprint density at radius 2 is 2.19 bits per heavy atom. The smallest absolute Gasteiger partial charge is 0.219 e. The van der Waals surface area contributed by atoms with Crippen LogP contribution < -0.4 is 0 Å². The molecule has 0 saturated heterocycles. The molecule has 0 bridgehead atoms. The number of halogens is 1. The lowest BCUT2D eigenvalue weighted by Crippen LogP contribution is -2.35. The van der Waals surface area contributed by atoms with Crippen LogP contribution in [0.15, 0.2) is 12.1 Å². The lowest BCUT2D eigenvalue weighted by molar-refractivity contribution is 0.290. The summed E-state index contributed by atoms with van der Waals surface area (Å²) in [6, 6.07) is 3.53. The van der Waals surface area contributed by atoms with Crippen molar-refractivity contribution in [3.8, 4) is 0 Å². The van der Waals surface area contributed by atoms with Gasteiger partial charge in [-0.3, -0.25) is 0 Å². The molecule has 0 amide bonds. The van der Waals surface area contributed by atoms with Crippen LogP contribution in [-0.4, -0.2) is 36.7 Å². The van der Waals surface area contributed by atoms with Crippen molar-refractivity contribution in [3.63, 3.8) is 0 Å². The molecule has 0 aliphatic carbocycles. The zero-order valence-electron chi connectivity index (χ0n) is 9.05. The first-order valence-electron chi connectivity index (χ1n) is 4.68. The van der Waals surface area contributed by atoms with Gasteiger partial charge in [-0.25, -0.2) is 8.42 Å². The standard InChI is InChI=1S/C9H14ClNO3S2/c1-7(6-12)16(13,14)11(2)5-8-3-4-9(10)15-8/h3-4,7,12H,5-6H2,1-2H3. The third kappa shape index (κ3) is 3.18. The molecule has 1 aromatic rings. The fourth-order valence-corrected chi connectivity index (χ4v) is 3.49. The molecule has 0 saturated carbocycles. The van der Waals surface area contributed by atoms with Crippen molar-refractivity contribution in [1.82, 2.24) is 4.31 Å². The Morgan fingerprint density at radius 1 is 1.56 bits per heavy atom. The number of hydrogen-bond acceptors (Lipinski definition) is 4. The summed E-state index contributed by atoms with van der Waals surface area (Å²) in [7, 11) is -1.94. The SMILES string of the molecule is CC(CO)S(=O)(=O)N(C)Cc1ccc(Cl)s1. The van der Waals surface area contributed by atoms with Crippen molar-refractivity contribution < 1.29 is 13.5 Å². The molecule has 0 spiro atoms. The average Bonchev–Trinajstić information content (AvgIpc) is 2.62. The van der Waals surface area contributed by atoms with Gasteiger partial charge in [0.25, 0.3) is 0 Å². The van der Waals surface area contributed by atoms with E-state index in [0.29, 0.717) is 4.34 Å². The minimum absolute atomic E-state index is 0.282. The van der Waals surface area contributed by atoms with Gasteiger partial charge in [0.05, 0.1) is 16.2 Å². The first-order chi connectivity index (χ1) is 7.37. The van der Waals surface area contributed by atoms with Gasteiger partial charge in [-0.15, -0.1) is 11.3 Å². The van der Waals surface area contributed by atoms with Gasteiger partial charge >= 0.3 is 0 Å². The van der Waals surface area contributed by atoms with Crippen LogP contribution in [0, 0.1) is 0 Å². The Hall–Kier alpha value is -0.140. The fraction of sp³-hybridized carbons (Fsp3) is 0.556. The predicted molar refractivity (Wildman–Crippen MR) is 66.3 cm³/mol. The minimum Gasteiger partial charge on any atom is -0.395 e. The van der Waals surface area contributed by atoms with Crippen molar-refractivity contribution in [2.45, 2.75) is 18.7 Å². The third-order valence-electron chi connectivity index (χ3n) is 2.21. The molecule has 4 nitrogen and oxygen atoms in total. The maximum atomic E-state index is 11.8. The first-order valence-corrected chi connectivity index (χ1v) is 7.38. The number of rotatable bonds is 5. The summed E-state index contributed by atoms with van der Waals surface area (Å²) in [6.07, 6.45) is 0. The van der Waals surface area contributed by atoms with E-state index in [1.165, 1.54) is 29.6 Å². The molecule has 92 valence electrons. The van der Waals surface area contributed by atoms with Gasteiger partial charge in [0.15, 0.2) is 0 Å². The average molecular weight is 284 g/mol. The van der Waals surface area contributed by atoms with Crippen LogP contribution in [0.4, 0.5) is 0 Å². The highest BCUT2D eigenvalue weighted by Gasteiger charge is 2.25. The van der Waals surface area contributed by atoms with Gasteiger partial charge in [0.2, 0.25) is 10.0 Å². The molecule has 1 heterocycles. The molecule has 1 atom stereocenters. The molecule has 0 aliphatic rings. The Bertz CT molecular complexity index is 443. The second-order valence-electron chi connectivity index (χ2n) is 3.50. The van der Waals surface area contributed by atoms with E-state index in [1.807, 2.05) is 0 Å². The molecule has 1 N–H and O–H groups in total. The van der Waals surface area contributed by atoms with Crippen LogP contribution in [0.1, 0.15) is 11.8 Å². The van der Waals surface area contributed by atoms with Crippen molar-refractivity contribution >= 4 is 33.0 Å². The number of sulfonamides is 1. The summed E-state index contributed by atoms with van der Waals surface area (Å²) >= 11 is 7.11. The van der Waals surface area contributed by atoms with Gasteiger partial charge < -0.3 is 5.11 Å². The molecule has 7 heteroatoms. The highest BCUT2D eigenvalue weighted by molar-refractivity contribution is 7.89. The molecule has 0 radical (unpaired) electrons. The zero-order chi connectivity index (χ0) is 12.3. The molecular weight excluding hydrogens is 270 g/mol. The largest absolute Gasteiger partial charge is 0.395 e. The van der Waals surface area contributed by atoms with E-state index in [9.17, 15) is 8.42 Å². The van der Waals surface area contributed by atoms with Crippen molar-refractivity contribution in [2.75, 3.05) is 13.7 Å². The van der Waals surface area contributed by atoms with Gasteiger partial charge in [-0.2, -0.15) is 4.31 Å². The molecule has 1 rings (SSSR count). The maximum Gasteiger partial charge on any atom is 0.219 e. The summed E-state index contributed by atoms with van der Waals surface area (Å²) in [6.45, 7) is 1.38. The van der Waals surface area contributed by atoms with Crippen LogP contribution in [0.5, 0.6) is 0 Å². The summed E-state index contributed by atoms with van der Waals surface area (Å²) in [5.74, 6) is 0. The summed E-state index contributed by atoms with van der Waals surface area (Å²) in [5.41, 5.74) is 0. The second-order valence-corrected chi connectivity index (χ2v) is 7.76. The maximum absolute atomic E-state index is 11.8. The lowest BCUT2D eigenvalue weighted by atomic mass is 10.5. The van der Waals surface area contributed by atoms with Crippen LogP contribution in [-0.2, 0) is 16.6 Å². The lowest BCUT2D eigenvalue weighted by Gasteiger charge is -2.19. The monoisotopic (exact) mass is 283 g/mol. The summed E-state index contributed by atoms with van der Waals surface area (Å²) in [5, 5.41) is 8.08. The highest BCUT2D eigenvalue weighted by Crippen LogP contribution is 2.23. The molecule has 0 fully saturated rings. The third-order valence-corrected chi connectivity index (χ3v) is 5.59. The molecule has 1 aromatic heterocycles. The van der Waals surface area contributed by atoms with E-state index in [0.717, 1.165) is 4.88 Å². The molecular formula is C9H14ClNO3S2. The molecule has 16 heavy (non-hydrogen) atoms. The Morgan fingerprint density at radius 3 is 2.62 bits per heavy atom. The van der Waals surface area contributed by atoms with E-state index in [2.05, 4.69) is 0 Å². The van der Waals surface area contributed by atoms with Gasteiger partial charge in [0.1, 0.15) is 0 Å². The van der Waals surface area contributed by atoms with Gasteiger partial charge in [0, 0.05) is 18.5 Å². The molecule has 0 aliphatic heterocycles. The van der Waals surface area contributed by atoms with Crippen molar-refractivity contribution in [2.24, 2.45) is 0 Å². The van der Waals surface area contributed by atoms with E-state index >= 15 is 0 Å². The van der Waals surface area contributed by atoms with Crippen LogP contribution in [0.2, 0.25) is 4.34 Å². The molecule has 0 aromatic carbocycles. The van der Waals surface area contributed by atoms with Crippen molar-refractivity contribution in [1.29, 1.82) is 0 Å². The van der Waals surface area contributed by atoms with Gasteiger partial charge in [-0.05, 0) is 19.1 Å². The minimum atomic E-state index is -3.43. The predicted octanol–water partition coefficient (Wildman–Crippen LogP) is 1.54. The Labute approximate surface area is 105 Å². The number of aliphatic hydroxyl groups excluding tert-OH is 1. The van der Waals surface area contributed by atoms with E-state index in [4.69, 9.17) is 16.7 Å². The number of thiophene rings is 1. The summed E-state index contributed by atoms with van der Waals surface area (Å²) in [4.78, 5) is 0.876. The Kier molecular flexibility index (Phi) is 4.75. The normalized spacial score (nSPS) is 14.3. The quantitative estimate of drug-likeness (QED) is 0.892. The first kappa shape index (κ1) is 13.9. The van der Waals surface area contributed by atoms with E-state index in [-0.39, 0.29) is 13.2 Å². The number of aliphatic hydroxyl groups is 1. The number of hydrogen-bond donors (Lipinski definition) is 1. The second kappa shape index (κ2) is 5.46. The zero-order valence-corrected chi connectivity index (χ0v) is 11.4. The number of nitrogens with zero attached hydrogens (tertiary/aromatic N) is 1.